The Morgan fingerprint density at radius 2 is 1.76 bits per heavy atom. The van der Waals surface area contributed by atoms with Gasteiger partial charge in [0.1, 0.15) is 17.5 Å². The molecule has 2 aromatic carbocycles. The van der Waals surface area contributed by atoms with E-state index in [1.165, 1.54) is 0 Å². The largest absolute Gasteiger partial charge is 0.394 e. The molecule has 0 bridgehead atoms. The minimum absolute atomic E-state index is 0.160. The first-order valence-electron chi connectivity index (χ1n) is 11.1. The van der Waals surface area contributed by atoms with Gasteiger partial charge in [-0.15, -0.1) is 11.8 Å². The molecule has 174 valence electrons. The van der Waals surface area contributed by atoms with Crippen molar-refractivity contribution in [1.82, 2.24) is 15.5 Å². The average Bonchev–Trinajstić information content (AvgIpc) is 3.23. The Balaban J connectivity index is 1.59. The van der Waals surface area contributed by atoms with Gasteiger partial charge < -0.3 is 20.6 Å². The van der Waals surface area contributed by atoms with E-state index in [0.717, 1.165) is 11.1 Å². The molecule has 2 aromatic rings. The lowest BCUT2D eigenvalue weighted by Gasteiger charge is -2.31. The average molecular weight is 468 g/mol. The molecule has 4 rings (SSSR count). The van der Waals surface area contributed by atoms with Crippen LogP contribution in [0.25, 0.3) is 0 Å². The van der Waals surface area contributed by atoms with E-state index in [2.05, 4.69) is 10.6 Å². The number of carbonyl (C=O) groups excluding carboxylic acids is 3. The van der Waals surface area contributed by atoms with Crippen molar-refractivity contribution in [2.24, 2.45) is 0 Å². The summed E-state index contributed by atoms with van der Waals surface area (Å²) in [6.07, 6.45) is 0.300. The first kappa shape index (κ1) is 23.3. The minimum Gasteiger partial charge on any atom is -0.394 e. The molecule has 33 heavy (non-hydrogen) atoms. The summed E-state index contributed by atoms with van der Waals surface area (Å²) in [6, 6.07) is 14.9. The highest BCUT2D eigenvalue weighted by molar-refractivity contribution is 8.01. The molecule has 0 radical (unpaired) electrons. The van der Waals surface area contributed by atoms with Crippen molar-refractivity contribution in [2.75, 3.05) is 6.61 Å². The zero-order valence-electron chi connectivity index (χ0n) is 18.9. The fourth-order valence-electron chi connectivity index (χ4n) is 4.50. The number of carbonyl (C=O) groups is 3. The van der Waals surface area contributed by atoms with Gasteiger partial charge in [0, 0.05) is 22.8 Å². The maximum atomic E-state index is 13.6. The van der Waals surface area contributed by atoms with Crippen LogP contribution in [0.5, 0.6) is 0 Å². The molecule has 7 nitrogen and oxygen atoms in total. The van der Waals surface area contributed by atoms with E-state index < -0.39 is 22.9 Å². The summed E-state index contributed by atoms with van der Waals surface area (Å²) >= 11 is 1.59. The molecule has 3 amide bonds. The molecule has 0 saturated carbocycles. The fraction of sp³-hybridized carbons (Fsp3) is 0.400. The smallest absolute Gasteiger partial charge is 0.256 e. The third kappa shape index (κ3) is 4.50. The molecule has 0 aromatic heterocycles. The highest BCUT2D eigenvalue weighted by atomic mass is 32.2. The number of nitrogens with one attached hydrogen (secondary N) is 2. The quantitative estimate of drug-likeness (QED) is 0.580. The Morgan fingerprint density at radius 3 is 2.45 bits per heavy atom. The summed E-state index contributed by atoms with van der Waals surface area (Å²) in [5.74, 6) is -0.888. The van der Waals surface area contributed by atoms with Gasteiger partial charge in [-0.2, -0.15) is 0 Å². The van der Waals surface area contributed by atoms with Crippen molar-refractivity contribution in [1.29, 1.82) is 0 Å². The van der Waals surface area contributed by atoms with E-state index in [4.69, 9.17) is 0 Å². The molecule has 8 heteroatoms. The Kier molecular flexibility index (Phi) is 6.50. The van der Waals surface area contributed by atoms with E-state index in [0.29, 0.717) is 12.0 Å². The van der Waals surface area contributed by atoms with Crippen LogP contribution in [0.2, 0.25) is 0 Å². The summed E-state index contributed by atoms with van der Waals surface area (Å²) < 4.78 is -0.538. The van der Waals surface area contributed by atoms with Crippen LogP contribution in [0.4, 0.5) is 0 Å². The van der Waals surface area contributed by atoms with E-state index in [1.54, 1.807) is 29.7 Å². The van der Waals surface area contributed by atoms with Crippen molar-refractivity contribution in [3.63, 3.8) is 0 Å². The number of fused-ring (bicyclic) bond motifs is 3. The standard InChI is InChI=1S/C25H29N3O4S/c1-15(14-29)26-21(30)19(13-16-9-5-4-6-10-16)27-22(31)20-25(2,3)33-24-18-12-8-7-11-17(18)23(32)28(20)24/h4-12,15,19-20,24,29H,13-14H2,1-3H3,(H,26,30)(H,27,31)/t15-,19-,20+,24-/m0/s1. The minimum atomic E-state index is -0.839. The number of aliphatic hydroxyl groups is 1. The molecule has 3 N–H and O–H groups in total. The molecule has 2 aliphatic rings. The van der Waals surface area contributed by atoms with E-state index in [1.807, 2.05) is 62.4 Å². The summed E-state index contributed by atoms with van der Waals surface area (Å²) in [4.78, 5) is 41.4. The highest BCUT2D eigenvalue weighted by Crippen LogP contribution is 2.56. The number of thioether (sulfide) groups is 1. The molecule has 4 atom stereocenters. The van der Waals surface area contributed by atoms with Gasteiger partial charge in [0.2, 0.25) is 11.8 Å². The van der Waals surface area contributed by atoms with Crippen LogP contribution in [0.15, 0.2) is 54.6 Å². The summed E-state index contributed by atoms with van der Waals surface area (Å²) in [5, 5.41) is 14.8. The predicted octanol–water partition coefficient (Wildman–Crippen LogP) is 2.26. The number of amides is 3. The maximum absolute atomic E-state index is 13.6. The van der Waals surface area contributed by atoms with Gasteiger partial charge in [-0.25, -0.2) is 0 Å². The molecule has 2 aliphatic heterocycles. The molecule has 1 fully saturated rings. The first-order valence-corrected chi connectivity index (χ1v) is 12.0. The second-order valence-corrected chi connectivity index (χ2v) is 10.9. The van der Waals surface area contributed by atoms with Crippen LogP contribution in [-0.4, -0.2) is 57.2 Å². The van der Waals surface area contributed by atoms with E-state index in [-0.39, 0.29) is 29.7 Å². The van der Waals surface area contributed by atoms with Gasteiger partial charge >= 0.3 is 0 Å². The van der Waals surface area contributed by atoms with E-state index >= 15 is 0 Å². The van der Waals surface area contributed by atoms with Crippen LogP contribution >= 0.6 is 11.8 Å². The third-order valence-corrected chi connectivity index (χ3v) is 7.66. The lowest BCUT2D eigenvalue weighted by molar-refractivity contribution is -0.132. The Morgan fingerprint density at radius 1 is 1.09 bits per heavy atom. The Labute approximate surface area is 197 Å². The van der Waals surface area contributed by atoms with Gasteiger partial charge in [0.05, 0.1) is 6.61 Å². The summed E-state index contributed by atoms with van der Waals surface area (Å²) in [7, 11) is 0. The summed E-state index contributed by atoms with van der Waals surface area (Å²) in [5.41, 5.74) is 2.45. The molecule has 0 aliphatic carbocycles. The Hall–Kier alpha value is -2.84. The normalized spacial score (nSPS) is 22.3. The molecular weight excluding hydrogens is 438 g/mol. The number of hydrogen-bond acceptors (Lipinski definition) is 5. The SMILES string of the molecule is C[C@@H](CO)NC(=O)[C@H](Cc1ccccc1)NC(=O)[C@H]1N2C(=O)c3ccccc3[C@@H]2SC1(C)C. The van der Waals surface area contributed by atoms with Crippen molar-refractivity contribution >= 4 is 29.5 Å². The number of aliphatic hydroxyl groups excluding tert-OH is 1. The van der Waals surface area contributed by atoms with Gasteiger partial charge in [-0.1, -0.05) is 48.5 Å². The highest BCUT2D eigenvalue weighted by Gasteiger charge is 2.57. The monoisotopic (exact) mass is 467 g/mol. The molecule has 0 unspecified atom stereocenters. The van der Waals surface area contributed by atoms with Gasteiger partial charge in [-0.05, 0) is 38.0 Å². The van der Waals surface area contributed by atoms with Crippen LogP contribution in [0.3, 0.4) is 0 Å². The predicted molar refractivity (Wildman–Crippen MR) is 128 cm³/mol. The van der Waals surface area contributed by atoms with Crippen molar-refractivity contribution < 1.29 is 19.5 Å². The second-order valence-electron chi connectivity index (χ2n) is 9.12. The topological polar surface area (TPSA) is 98.7 Å². The number of nitrogens with zero attached hydrogens (tertiary/aromatic N) is 1. The van der Waals surface area contributed by atoms with Gasteiger partial charge in [0.15, 0.2) is 0 Å². The third-order valence-electron chi connectivity index (χ3n) is 6.12. The summed E-state index contributed by atoms with van der Waals surface area (Å²) in [6.45, 7) is 5.40. The molecule has 1 saturated heterocycles. The maximum Gasteiger partial charge on any atom is 0.256 e. The zero-order valence-corrected chi connectivity index (χ0v) is 19.8. The van der Waals surface area contributed by atoms with Crippen LogP contribution < -0.4 is 10.6 Å². The second kappa shape index (κ2) is 9.19. The zero-order chi connectivity index (χ0) is 23.8. The lowest BCUT2D eigenvalue weighted by atomic mass is 9.99. The fourth-order valence-corrected chi connectivity index (χ4v) is 6.09. The number of rotatable bonds is 7. The van der Waals surface area contributed by atoms with Crippen LogP contribution in [-0.2, 0) is 16.0 Å². The van der Waals surface area contributed by atoms with Crippen molar-refractivity contribution in [2.45, 2.75) is 55.4 Å². The number of hydrogen-bond donors (Lipinski definition) is 3. The molecular formula is C25H29N3O4S. The Bertz CT molecular complexity index is 1060. The van der Waals surface area contributed by atoms with Crippen molar-refractivity contribution in [3.05, 3.63) is 71.3 Å². The first-order chi connectivity index (χ1) is 15.7. The van der Waals surface area contributed by atoms with Gasteiger partial charge in [-0.3, -0.25) is 14.4 Å². The number of benzene rings is 2. The van der Waals surface area contributed by atoms with Gasteiger partial charge in [0.25, 0.3) is 5.91 Å². The lowest BCUT2D eigenvalue weighted by Crippen LogP contribution is -2.58. The molecule has 0 spiro atoms. The van der Waals surface area contributed by atoms with Crippen molar-refractivity contribution in [3.8, 4) is 0 Å². The molecule has 2 heterocycles. The van der Waals surface area contributed by atoms with E-state index in [9.17, 15) is 19.5 Å². The van der Waals surface area contributed by atoms with Crippen LogP contribution in [0, 0.1) is 0 Å². The van der Waals surface area contributed by atoms with Crippen LogP contribution in [0.1, 0.15) is 47.6 Å².